The van der Waals surface area contributed by atoms with E-state index in [1.165, 1.54) is 4.90 Å². The van der Waals surface area contributed by atoms with Crippen LogP contribution < -0.4 is 10.1 Å². The monoisotopic (exact) mass is 560 g/mol. The van der Waals surface area contributed by atoms with Crippen LogP contribution in [0.3, 0.4) is 0 Å². The topological polar surface area (TPSA) is 58.6 Å². The number of benzene rings is 2. The first kappa shape index (κ1) is 25.2. The molecule has 0 bridgehead atoms. The van der Waals surface area contributed by atoms with E-state index in [4.69, 9.17) is 39.5 Å². The molecule has 0 aromatic heterocycles. The molecule has 0 radical (unpaired) electrons. The smallest absolute Gasteiger partial charge is 0.261 e. The number of rotatable bonds is 8. The number of nitrogens with zero attached hydrogens (tertiary/aromatic N) is 1. The lowest BCUT2D eigenvalue weighted by molar-refractivity contribution is -0.142. The molecule has 5 nitrogen and oxygen atoms in total. The Morgan fingerprint density at radius 2 is 1.81 bits per heavy atom. The summed E-state index contributed by atoms with van der Waals surface area (Å²) in [6.07, 6.45) is 4.11. The van der Waals surface area contributed by atoms with Crippen molar-refractivity contribution in [1.29, 1.82) is 0 Å². The molecule has 1 atom stereocenters. The molecule has 1 aliphatic carbocycles. The van der Waals surface area contributed by atoms with Crippen LogP contribution in [0.4, 0.5) is 0 Å². The molecule has 9 heteroatoms. The largest absolute Gasteiger partial charge is 0.483 e. The van der Waals surface area contributed by atoms with Crippen molar-refractivity contribution >= 4 is 62.5 Å². The standard InChI is InChI=1S/C23H24BrCl3N2O3/c1-14(23(31)28-16-5-2-3-6-16)29(12-17-19(26)7-4-8-20(17)27)22(30)13-32-21-10-9-15(25)11-18(21)24/h4,7-11,14,16H,2-3,5-6,12-13H2,1H3,(H,28,31)/t14-/m0/s1. The Hall–Kier alpha value is -1.47. The summed E-state index contributed by atoms with van der Waals surface area (Å²) in [7, 11) is 0. The van der Waals surface area contributed by atoms with E-state index in [1.54, 1.807) is 43.3 Å². The van der Waals surface area contributed by atoms with Crippen molar-refractivity contribution in [3.63, 3.8) is 0 Å². The van der Waals surface area contributed by atoms with Gasteiger partial charge in [-0.05, 0) is 66.0 Å². The van der Waals surface area contributed by atoms with Gasteiger partial charge >= 0.3 is 0 Å². The summed E-state index contributed by atoms with van der Waals surface area (Å²) in [5.41, 5.74) is 0.581. The third kappa shape index (κ3) is 6.53. The fourth-order valence-corrected chi connectivity index (χ4v) is 4.96. The molecule has 1 N–H and O–H groups in total. The molecule has 2 amide bonds. The van der Waals surface area contributed by atoms with E-state index in [2.05, 4.69) is 21.2 Å². The van der Waals surface area contributed by atoms with Gasteiger partial charge in [0.2, 0.25) is 5.91 Å². The minimum Gasteiger partial charge on any atom is -0.483 e. The van der Waals surface area contributed by atoms with E-state index in [1.807, 2.05) is 0 Å². The highest BCUT2D eigenvalue weighted by atomic mass is 79.9. The van der Waals surface area contributed by atoms with Gasteiger partial charge in [0.1, 0.15) is 11.8 Å². The average Bonchev–Trinajstić information content (AvgIpc) is 3.25. The SMILES string of the molecule is C[C@@H](C(=O)NC1CCCC1)N(Cc1c(Cl)cccc1Cl)C(=O)COc1ccc(Cl)cc1Br. The first-order valence-electron chi connectivity index (χ1n) is 10.4. The molecule has 2 aromatic rings. The highest BCUT2D eigenvalue weighted by molar-refractivity contribution is 9.10. The maximum Gasteiger partial charge on any atom is 0.261 e. The van der Waals surface area contributed by atoms with Crippen LogP contribution >= 0.6 is 50.7 Å². The van der Waals surface area contributed by atoms with E-state index in [0.29, 0.717) is 30.9 Å². The molecule has 0 aliphatic heterocycles. The lowest BCUT2D eigenvalue weighted by atomic mass is 10.1. The lowest BCUT2D eigenvalue weighted by Gasteiger charge is -2.30. The lowest BCUT2D eigenvalue weighted by Crippen LogP contribution is -2.50. The van der Waals surface area contributed by atoms with Gasteiger partial charge in [-0.3, -0.25) is 9.59 Å². The highest BCUT2D eigenvalue weighted by Gasteiger charge is 2.29. The Kier molecular flexibility index (Phi) is 9.12. The number of ether oxygens (including phenoxy) is 1. The zero-order valence-corrected chi connectivity index (χ0v) is 21.4. The van der Waals surface area contributed by atoms with Crippen molar-refractivity contribution in [2.24, 2.45) is 0 Å². The van der Waals surface area contributed by atoms with Gasteiger partial charge in [-0.25, -0.2) is 0 Å². The van der Waals surface area contributed by atoms with Crippen molar-refractivity contribution in [1.82, 2.24) is 10.2 Å². The van der Waals surface area contributed by atoms with Gasteiger partial charge in [0.05, 0.1) is 4.47 Å². The van der Waals surface area contributed by atoms with Crippen molar-refractivity contribution in [2.45, 2.75) is 51.2 Å². The third-order valence-electron chi connectivity index (χ3n) is 5.50. The zero-order chi connectivity index (χ0) is 23.3. The van der Waals surface area contributed by atoms with Crippen LogP contribution in [-0.2, 0) is 16.1 Å². The Balaban J connectivity index is 1.78. The molecule has 0 heterocycles. The number of hydrogen-bond acceptors (Lipinski definition) is 3. The molecule has 32 heavy (non-hydrogen) atoms. The molecule has 0 unspecified atom stereocenters. The van der Waals surface area contributed by atoms with Crippen molar-refractivity contribution in [3.05, 3.63) is 61.5 Å². The van der Waals surface area contributed by atoms with Gasteiger partial charge < -0.3 is 15.0 Å². The summed E-state index contributed by atoms with van der Waals surface area (Å²) in [5.74, 6) is -0.0976. The Bertz CT molecular complexity index is 963. The van der Waals surface area contributed by atoms with Crippen molar-refractivity contribution < 1.29 is 14.3 Å². The molecule has 1 aliphatic rings. The van der Waals surface area contributed by atoms with Crippen LogP contribution in [0.15, 0.2) is 40.9 Å². The van der Waals surface area contributed by atoms with E-state index in [-0.39, 0.29) is 31.0 Å². The predicted octanol–water partition coefficient (Wildman–Crippen LogP) is 6.26. The molecule has 1 saturated carbocycles. The Morgan fingerprint density at radius 1 is 1.16 bits per heavy atom. The zero-order valence-electron chi connectivity index (χ0n) is 17.5. The average molecular weight is 563 g/mol. The molecule has 0 spiro atoms. The number of carbonyl (C=O) groups excluding carboxylic acids is 2. The maximum absolute atomic E-state index is 13.2. The highest BCUT2D eigenvalue weighted by Crippen LogP contribution is 2.29. The second kappa shape index (κ2) is 11.6. The molecular weight excluding hydrogens is 539 g/mol. The van der Waals surface area contributed by atoms with Gasteiger partial charge in [0, 0.05) is 33.2 Å². The molecule has 0 saturated heterocycles. The van der Waals surface area contributed by atoms with Crippen LogP contribution in [0, 0.1) is 0 Å². The number of nitrogens with one attached hydrogen (secondary N) is 1. The summed E-state index contributed by atoms with van der Waals surface area (Å²) < 4.78 is 6.33. The number of hydrogen-bond donors (Lipinski definition) is 1. The van der Waals surface area contributed by atoms with Crippen LogP contribution in [0.25, 0.3) is 0 Å². The Morgan fingerprint density at radius 3 is 2.44 bits per heavy atom. The summed E-state index contributed by atoms with van der Waals surface area (Å²) >= 11 is 22.0. The maximum atomic E-state index is 13.2. The van der Waals surface area contributed by atoms with Crippen LogP contribution in [0.1, 0.15) is 38.2 Å². The van der Waals surface area contributed by atoms with Gasteiger partial charge in [0.25, 0.3) is 5.91 Å². The van der Waals surface area contributed by atoms with Gasteiger partial charge in [-0.1, -0.05) is 53.7 Å². The minimum atomic E-state index is -0.729. The normalized spacial score (nSPS) is 14.8. The van der Waals surface area contributed by atoms with Crippen molar-refractivity contribution in [3.8, 4) is 5.75 Å². The first-order valence-corrected chi connectivity index (χ1v) is 12.3. The van der Waals surface area contributed by atoms with Crippen molar-refractivity contribution in [2.75, 3.05) is 6.61 Å². The minimum absolute atomic E-state index is 0.0851. The number of carbonyl (C=O) groups is 2. The molecule has 3 rings (SSSR count). The van der Waals surface area contributed by atoms with Gasteiger partial charge in [-0.15, -0.1) is 0 Å². The second-order valence-electron chi connectivity index (χ2n) is 7.75. The molecule has 172 valence electrons. The fourth-order valence-electron chi connectivity index (χ4n) is 3.64. The second-order valence-corrected chi connectivity index (χ2v) is 9.86. The molecule has 2 aromatic carbocycles. The quantitative estimate of drug-likeness (QED) is 0.413. The summed E-state index contributed by atoms with van der Waals surface area (Å²) in [6, 6.07) is 9.58. The Labute approximate surface area is 211 Å². The fraction of sp³-hybridized carbons (Fsp3) is 0.391. The van der Waals surface area contributed by atoms with E-state index in [9.17, 15) is 9.59 Å². The summed E-state index contributed by atoms with van der Waals surface area (Å²) in [4.78, 5) is 27.6. The summed E-state index contributed by atoms with van der Waals surface area (Å²) in [5, 5.41) is 4.46. The summed E-state index contributed by atoms with van der Waals surface area (Å²) in [6.45, 7) is 1.52. The number of halogens is 4. The van der Waals surface area contributed by atoms with Gasteiger partial charge in [0.15, 0.2) is 6.61 Å². The molecular formula is C23H24BrCl3N2O3. The number of amides is 2. The molecule has 1 fully saturated rings. The van der Waals surface area contributed by atoms with Gasteiger partial charge in [-0.2, -0.15) is 0 Å². The van der Waals surface area contributed by atoms with Crippen LogP contribution in [0.5, 0.6) is 5.75 Å². The van der Waals surface area contributed by atoms with E-state index < -0.39 is 6.04 Å². The first-order chi connectivity index (χ1) is 15.3. The van der Waals surface area contributed by atoms with Crippen LogP contribution in [-0.4, -0.2) is 35.4 Å². The predicted molar refractivity (Wildman–Crippen MR) is 132 cm³/mol. The van der Waals surface area contributed by atoms with E-state index in [0.717, 1.165) is 25.7 Å². The van der Waals surface area contributed by atoms with Crippen LogP contribution in [0.2, 0.25) is 15.1 Å². The van der Waals surface area contributed by atoms with E-state index >= 15 is 0 Å². The third-order valence-corrected chi connectivity index (χ3v) is 7.07.